The van der Waals surface area contributed by atoms with Crippen molar-refractivity contribution in [3.8, 4) is 5.75 Å². The molecule has 4 rings (SSSR count). The summed E-state index contributed by atoms with van der Waals surface area (Å²) in [5.41, 5.74) is 3.01. The van der Waals surface area contributed by atoms with Crippen molar-refractivity contribution in [2.24, 2.45) is 10.9 Å². The summed E-state index contributed by atoms with van der Waals surface area (Å²) in [6.07, 6.45) is 6.11. The number of ketones is 1. The van der Waals surface area contributed by atoms with Crippen LogP contribution in [0.2, 0.25) is 0 Å². The van der Waals surface area contributed by atoms with Gasteiger partial charge in [0.2, 0.25) is 0 Å². The molecule has 0 saturated carbocycles. The predicted octanol–water partition coefficient (Wildman–Crippen LogP) is 0.128. The van der Waals surface area contributed by atoms with Crippen LogP contribution in [-0.4, -0.2) is 34.3 Å². The SMILES string of the molecule is CC1=CC2=NCC(C(=O)c3ccc(OCc4ccccc4)cc3)CN2C=C1.[O-][Cl+3]([O-])([O-])O. The number of rotatable bonds is 5. The molecule has 168 valence electrons. The maximum absolute atomic E-state index is 12.9. The number of hydrogen-bond acceptors (Lipinski definition) is 8. The van der Waals surface area contributed by atoms with E-state index in [0.717, 1.165) is 17.1 Å². The van der Waals surface area contributed by atoms with Gasteiger partial charge in [0.15, 0.2) is 5.78 Å². The number of benzene rings is 2. The lowest BCUT2D eigenvalue weighted by atomic mass is 9.95. The summed E-state index contributed by atoms with van der Waals surface area (Å²) in [6.45, 7) is 3.77. The molecule has 8 nitrogen and oxygen atoms in total. The molecule has 0 aliphatic carbocycles. The van der Waals surface area contributed by atoms with Gasteiger partial charge in [0, 0.05) is 18.3 Å². The van der Waals surface area contributed by atoms with E-state index in [4.69, 9.17) is 23.4 Å². The second-order valence-corrected chi connectivity index (χ2v) is 8.10. The molecule has 0 amide bonds. The second kappa shape index (κ2) is 10.5. The first-order chi connectivity index (χ1) is 15.2. The minimum atomic E-state index is -4.69. The van der Waals surface area contributed by atoms with E-state index in [9.17, 15) is 4.79 Å². The molecule has 0 fully saturated rings. The average molecular weight is 459 g/mol. The lowest BCUT2D eigenvalue weighted by Gasteiger charge is -2.31. The number of nitrogens with zero attached hydrogens (tertiary/aromatic N) is 2. The minimum Gasteiger partial charge on any atom is -0.489 e. The summed E-state index contributed by atoms with van der Waals surface area (Å²) in [4.78, 5) is 19.5. The fourth-order valence-corrected chi connectivity index (χ4v) is 3.27. The summed E-state index contributed by atoms with van der Waals surface area (Å²) >= 11 is 0. The van der Waals surface area contributed by atoms with E-state index in [1.165, 1.54) is 5.57 Å². The normalized spacial score (nSPS) is 17.4. The molecule has 32 heavy (non-hydrogen) atoms. The average Bonchev–Trinajstić information content (AvgIpc) is 2.77. The Bertz CT molecular complexity index is 1010. The molecule has 1 unspecified atom stereocenters. The van der Waals surface area contributed by atoms with Crippen molar-refractivity contribution in [2.75, 3.05) is 13.1 Å². The molecule has 0 spiro atoms. The molecule has 0 saturated heterocycles. The largest absolute Gasteiger partial charge is 0.489 e. The van der Waals surface area contributed by atoms with Crippen LogP contribution >= 0.6 is 0 Å². The smallest absolute Gasteiger partial charge is 0.169 e. The maximum atomic E-state index is 12.9. The van der Waals surface area contributed by atoms with E-state index < -0.39 is 10.2 Å². The van der Waals surface area contributed by atoms with E-state index >= 15 is 0 Å². The van der Waals surface area contributed by atoms with Crippen LogP contribution in [0.15, 0.2) is 83.5 Å². The Morgan fingerprint density at radius 3 is 2.47 bits per heavy atom. The zero-order valence-corrected chi connectivity index (χ0v) is 18.1. The van der Waals surface area contributed by atoms with Crippen LogP contribution in [0.1, 0.15) is 22.8 Å². The number of carbonyl (C=O) groups excluding carboxylic acids is 1. The number of Topliss-reactive ketones (excluding diaryl/α,β-unsaturated/α-hetero) is 1. The van der Waals surface area contributed by atoms with Crippen molar-refractivity contribution in [3.05, 3.63) is 89.6 Å². The summed E-state index contributed by atoms with van der Waals surface area (Å²) in [6, 6.07) is 17.4. The molecule has 2 aliphatic heterocycles. The molecule has 0 radical (unpaired) electrons. The first kappa shape index (κ1) is 23.6. The van der Waals surface area contributed by atoms with Gasteiger partial charge in [-0.1, -0.05) is 30.3 Å². The van der Waals surface area contributed by atoms with E-state index in [2.05, 4.69) is 22.9 Å². The number of aliphatic imine (C=N–C) groups is 1. The quantitative estimate of drug-likeness (QED) is 0.630. The fraction of sp³-hybridized carbons (Fsp3) is 0.217. The summed E-state index contributed by atoms with van der Waals surface area (Å²) in [5, 5.41) is 0. The Kier molecular flexibility index (Phi) is 7.79. The number of halogens is 1. The zero-order valence-electron chi connectivity index (χ0n) is 17.4. The van der Waals surface area contributed by atoms with E-state index in [-0.39, 0.29) is 11.7 Å². The first-order valence-corrected chi connectivity index (χ1v) is 11.1. The molecule has 1 atom stereocenters. The van der Waals surface area contributed by atoms with Gasteiger partial charge in [-0.2, -0.15) is 14.0 Å². The Labute approximate surface area is 188 Å². The van der Waals surface area contributed by atoms with Crippen LogP contribution in [0.4, 0.5) is 0 Å². The lowest BCUT2D eigenvalue weighted by Crippen LogP contribution is -2.58. The molecule has 9 heteroatoms. The minimum absolute atomic E-state index is 0.124. The van der Waals surface area contributed by atoms with Crippen LogP contribution in [0.5, 0.6) is 5.75 Å². The molecule has 0 bridgehead atoms. The van der Waals surface area contributed by atoms with Crippen molar-refractivity contribution in [1.82, 2.24) is 4.90 Å². The molecule has 2 aliphatic rings. The van der Waals surface area contributed by atoms with Crippen molar-refractivity contribution in [1.29, 1.82) is 0 Å². The second-order valence-electron chi connectivity index (χ2n) is 7.31. The van der Waals surface area contributed by atoms with Gasteiger partial charge in [-0.25, -0.2) is 0 Å². The molecular formula is C23H23ClN2O6. The number of amidine groups is 1. The van der Waals surface area contributed by atoms with Gasteiger partial charge in [-0.05, 0) is 54.5 Å². The molecule has 2 heterocycles. The topological polar surface area (TPSA) is 131 Å². The number of ether oxygens (including phenoxy) is 1. The predicted molar refractivity (Wildman–Crippen MR) is 109 cm³/mol. The van der Waals surface area contributed by atoms with Crippen molar-refractivity contribution < 1.29 is 38.4 Å². The first-order valence-electron chi connectivity index (χ1n) is 9.81. The number of carbonyl (C=O) groups is 1. The molecule has 1 N–H and O–H groups in total. The van der Waals surface area contributed by atoms with E-state index in [1.54, 1.807) is 0 Å². The molecular weight excluding hydrogens is 436 g/mol. The van der Waals surface area contributed by atoms with Gasteiger partial charge >= 0.3 is 0 Å². The van der Waals surface area contributed by atoms with Crippen molar-refractivity contribution in [3.63, 3.8) is 0 Å². The van der Waals surface area contributed by atoms with Gasteiger partial charge in [0.05, 0.1) is 27.4 Å². The number of hydrogen-bond donors (Lipinski definition) is 1. The van der Waals surface area contributed by atoms with Gasteiger partial charge in [0.25, 0.3) is 0 Å². The van der Waals surface area contributed by atoms with Crippen LogP contribution in [-0.2, 0) is 6.61 Å². The lowest BCUT2D eigenvalue weighted by molar-refractivity contribution is -1.92. The summed E-state index contributed by atoms with van der Waals surface area (Å²) < 4.78 is 38.5. The van der Waals surface area contributed by atoms with Crippen molar-refractivity contribution >= 4 is 11.6 Å². The highest BCUT2D eigenvalue weighted by atomic mass is 35.7. The van der Waals surface area contributed by atoms with Gasteiger partial charge < -0.3 is 9.64 Å². The van der Waals surface area contributed by atoms with Crippen LogP contribution < -0.4 is 18.7 Å². The number of allylic oxidation sites excluding steroid dienone is 2. The van der Waals surface area contributed by atoms with Gasteiger partial charge in [0.1, 0.15) is 18.2 Å². The molecule has 2 aromatic rings. The van der Waals surface area contributed by atoms with Crippen molar-refractivity contribution in [2.45, 2.75) is 13.5 Å². The van der Waals surface area contributed by atoms with Crippen LogP contribution in [0.25, 0.3) is 0 Å². The standard InChI is InChI=1S/C23H22N2O2.ClHO4/c1-17-11-12-25-15-20(14-24-22(25)13-17)23(26)19-7-9-21(10-8-19)27-16-18-5-3-2-4-6-18;2-1(3,4)5/h2-13,20H,14-16H2,1H3;(H,2,3,4,5). The highest BCUT2D eigenvalue weighted by molar-refractivity contribution is 6.01. The maximum Gasteiger partial charge on any atom is 0.169 e. The third-order valence-corrected chi connectivity index (χ3v) is 4.82. The highest BCUT2D eigenvalue weighted by Crippen LogP contribution is 2.21. The Balaban J connectivity index is 0.000000523. The van der Waals surface area contributed by atoms with E-state index in [0.29, 0.717) is 25.3 Å². The Hall–Kier alpha value is -3.01. The fourth-order valence-electron chi connectivity index (χ4n) is 3.27. The van der Waals surface area contributed by atoms with E-state index in [1.807, 2.05) is 66.9 Å². The Morgan fingerprint density at radius 1 is 1.16 bits per heavy atom. The summed E-state index contributed by atoms with van der Waals surface area (Å²) in [7, 11) is -4.69. The Morgan fingerprint density at radius 2 is 1.81 bits per heavy atom. The monoisotopic (exact) mass is 458 g/mol. The molecule has 0 aromatic heterocycles. The highest BCUT2D eigenvalue weighted by Gasteiger charge is 2.27. The van der Waals surface area contributed by atoms with Crippen LogP contribution in [0, 0.1) is 16.2 Å². The summed E-state index contributed by atoms with van der Waals surface area (Å²) in [5.74, 6) is 1.72. The third kappa shape index (κ3) is 7.30. The zero-order chi connectivity index (χ0) is 23.1. The molecule has 2 aromatic carbocycles. The number of fused-ring (bicyclic) bond motifs is 1. The van der Waals surface area contributed by atoms with Gasteiger partial charge in [-0.15, -0.1) is 0 Å². The van der Waals surface area contributed by atoms with Crippen LogP contribution in [0.3, 0.4) is 0 Å². The van der Waals surface area contributed by atoms with Gasteiger partial charge in [-0.3, -0.25) is 9.79 Å². The third-order valence-electron chi connectivity index (χ3n) is 4.82.